The van der Waals surface area contributed by atoms with Gasteiger partial charge in [0.05, 0.1) is 25.4 Å². The second-order valence-electron chi connectivity index (χ2n) is 26.4. The first-order chi connectivity index (χ1) is 44.7. The molecule has 0 aromatic heterocycles. The van der Waals surface area contributed by atoms with E-state index in [-0.39, 0.29) is 19.4 Å². The molecule has 11 heteroatoms. The maximum atomic E-state index is 13.5. The van der Waals surface area contributed by atoms with Crippen LogP contribution in [0.4, 0.5) is 0 Å². The fourth-order valence-electron chi connectivity index (χ4n) is 11.8. The van der Waals surface area contributed by atoms with E-state index in [0.717, 1.165) is 116 Å². The summed E-state index contributed by atoms with van der Waals surface area (Å²) in [4.78, 5) is 26.8. The average molecular weight is 1280 g/mol. The molecule has 91 heavy (non-hydrogen) atoms. The van der Waals surface area contributed by atoms with Gasteiger partial charge in [0.2, 0.25) is 5.91 Å². The Morgan fingerprint density at radius 2 is 0.791 bits per heavy atom. The van der Waals surface area contributed by atoms with E-state index >= 15 is 0 Å². The van der Waals surface area contributed by atoms with E-state index < -0.39 is 67.4 Å². The SMILES string of the molecule is CC/C=C\C/C=C\C/C=C\C/C=C\C/C=C\C/C=C\CCCCCCCCCC(O)C(=O)NC(COC1OC(CO)C(O)C(O)C1OC(=O)CCCCCCCCCCCCCCCCCCCCCCCCC)C(O)/C=C/CCCCCCCCCCCCC. The Bertz CT molecular complexity index is 1810. The minimum absolute atomic E-state index is 0.125. The molecule has 1 saturated heterocycles. The van der Waals surface area contributed by atoms with Gasteiger partial charge in [0.25, 0.3) is 0 Å². The van der Waals surface area contributed by atoms with Gasteiger partial charge < -0.3 is 45.1 Å². The third kappa shape index (κ3) is 53.7. The quantitative estimate of drug-likeness (QED) is 0.0195. The molecule has 11 nitrogen and oxygen atoms in total. The van der Waals surface area contributed by atoms with Crippen molar-refractivity contribution in [2.24, 2.45) is 0 Å². The number of nitrogens with one attached hydrogen (secondary N) is 1. The van der Waals surface area contributed by atoms with Gasteiger partial charge in [-0.3, -0.25) is 9.59 Å². The number of hydrogen-bond donors (Lipinski definition) is 6. The second kappa shape index (κ2) is 66.8. The van der Waals surface area contributed by atoms with Crippen molar-refractivity contribution in [3.8, 4) is 0 Å². The summed E-state index contributed by atoms with van der Waals surface area (Å²) in [6, 6.07) is -1.03. The Kier molecular flexibility index (Phi) is 63.1. The normalized spacial score (nSPS) is 18.4. The van der Waals surface area contributed by atoms with Crippen LogP contribution in [0.5, 0.6) is 0 Å². The van der Waals surface area contributed by atoms with E-state index in [2.05, 4.69) is 99.0 Å². The molecule has 8 unspecified atom stereocenters. The summed E-state index contributed by atoms with van der Waals surface area (Å²) in [5, 5.41) is 57.4. The molecule has 0 aromatic carbocycles. The smallest absolute Gasteiger partial charge is 0.306 e. The fourth-order valence-corrected chi connectivity index (χ4v) is 11.8. The van der Waals surface area contributed by atoms with Gasteiger partial charge in [0, 0.05) is 6.42 Å². The van der Waals surface area contributed by atoms with Crippen molar-refractivity contribution in [2.75, 3.05) is 13.2 Å². The molecule has 0 aliphatic carbocycles. The first kappa shape index (κ1) is 85.9. The molecule has 0 bridgehead atoms. The second-order valence-corrected chi connectivity index (χ2v) is 26.4. The van der Waals surface area contributed by atoms with Gasteiger partial charge in [-0.2, -0.15) is 0 Å². The minimum Gasteiger partial charge on any atom is -0.454 e. The van der Waals surface area contributed by atoms with Gasteiger partial charge in [-0.25, -0.2) is 0 Å². The predicted molar refractivity (Wildman–Crippen MR) is 384 cm³/mol. The molecule has 8 atom stereocenters. The van der Waals surface area contributed by atoms with Crippen LogP contribution in [0.3, 0.4) is 0 Å². The van der Waals surface area contributed by atoms with Crippen LogP contribution in [-0.4, -0.2) is 99.6 Å². The molecular weight excluding hydrogens is 1130 g/mol. The highest BCUT2D eigenvalue weighted by molar-refractivity contribution is 5.80. The van der Waals surface area contributed by atoms with E-state index in [0.29, 0.717) is 12.8 Å². The van der Waals surface area contributed by atoms with Crippen LogP contribution in [0.25, 0.3) is 0 Å². The standard InChI is InChI=1S/C80H143NO10/c1-4-7-10-13-16-19-22-25-27-29-31-33-35-36-37-39-40-42-44-46-49-52-55-58-61-64-67-73(84)79(88)81-71(72(83)66-63-60-57-54-51-48-24-21-18-15-12-9-6-3)70-89-80-78(77(87)76(86)74(69-82)90-80)91-75(85)68-65-62-59-56-53-50-47-45-43-41-38-34-32-30-28-26-23-20-17-14-11-8-5-2/h7,10,16,19,25,27,31,33,36-37,40,42,63,66,71-74,76-78,80,82-84,86-87H,4-6,8-9,11-15,17-18,20-24,26,28-30,32,34-35,38-39,41,43-62,64-65,67-70H2,1-3H3,(H,81,88)/b10-7-,19-16-,27-25-,33-31-,37-36-,42-40-,66-63+. The van der Waals surface area contributed by atoms with Crippen molar-refractivity contribution in [2.45, 2.75) is 397 Å². The summed E-state index contributed by atoms with van der Waals surface area (Å²) in [6.45, 7) is 5.73. The topological polar surface area (TPSA) is 175 Å². The number of carbonyl (C=O) groups excluding carboxylic acids is 2. The Morgan fingerprint density at radius 1 is 0.440 bits per heavy atom. The third-order valence-corrected chi connectivity index (χ3v) is 17.8. The Hall–Kier alpha value is -3.16. The maximum absolute atomic E-state index is 13.5. The lowest BCUT2D eigenvalue weighted by atomic mass is 9.99. The first-order valence-corrected chi connectivity index (χ1v) is 38.4. The summed E-state index contributed by atoms with van der Waals surface area (Å²) in [7, 11) is 0. The van der Waals surface area contributed by atoms with Gasteiger partial charge in [0.1, 0.15) is 24.4 Å². The number of ether oxygens (including phenoxy) is 3. The molecule has 0 spiro atoms. The maximum Gasteiger partial charge on any atom is 0.306 e. The molecule has 0 radical (unpaired) electrons. The van der Waals surface area contributed by atoms with Crippen LogP contribution in [0, 0.1) is 0 Å². The van der Waals surface area contributed by atoms with E-state index in [1.165, 1.54) is 186 Å². The van der Waals surface area contributed by atoms with Crippen molar-refractivity contribution in [3.63, 3.8) is 0 Å². The summed E-state index contributed by atoms with van der Waals surface area (Å²) in [5.74, 6) is -1.19. The van der Waals surface area contributed by atoms with Gasteiger partial charge in [-0.05, 0) is 77.0 Å². The zero-order chi connectivity index (χ0) is 66.0. The molecular formula is C80H143NO10. The highest BCUT2D eigenvalue weighted by Crippen LogP contribution is 2.27. The Morgan fingerprint density at radius 3 is 1.19 bits per heavy atom. The predicted octanol–water partition coefficient (Wildman–Crippen LogP) is 20.4. The largest absolute Gasteiger partial charge is 0.454 e. The molecule has 1 aliphatic heterocycles. The highest BCUT2D eigenvalue weighted by Gasteiger charge is 2.47. The van der Waals surface area contributed by atoms with Crippen molar-refractivity contribution in [1.29, 1.82) is 0 Å². The molecule has 528 valence electrons. The zero-order valence-corrected chi connectivity index (χ0v) is 59.0. The Balaban J connectivity index is 2.56. The fraction of sp³-hybridized carbons (Fsp3) is 0.800. The van der Waals surface area contributed by atoms with Crippen LogP contribution >= 0.6 is 0 Å². The van der Waals surface area contributed by atoms with Crippen LogP contribution in [0.2, 0.25) is 0 Å². The molecule has 1 fully saturated rings. The highest BCUT2D eigenvalue weighted by atomic mass is 16.7. The van der Waals surface area contributed by atoms with E-state index in [4.69, 9.17) is 14.2 Å². The van der Waals surface area contributed by atoms with Crippen molar-refractivity contribution >= 4 is 11.9 Å². The Labute approximate surface area is 559 Å². The minimum atomic E-state index is -1.62. The van der Waals surface area contributed by atoms with Crippen molar-refractivity contribution in [1.82, 2.24) is 5.32 Å². The van der Waals surface area contributed by atoms with Gasteiger partial charge >= 0.3 is 5.97 Å². The molecule has 1 amide bonds. The number of rotatable bonds is 66. The summed E-state index contributed by atoms with van der Waals surface area (Å²) < 4.78 is 17.7. The number of allylic oxidation sites excluding steroid dienone is 13. The first-order valence-electron chi connectivity index (χ1n) is 38.4. The monoisotopic (exact) mass is 1280 g/mol. The number of hydrogen-bond acceptors (Lipinski definition) is 10. The van der Waals surface area contributed by atoms with E-state index in [9.17, 15) is 35.1 Å². The molecule has 1 heterocycles. The number of carbonyl (C=O) groups is 2. The molecule has 0 saturated carbocycles. The van der Waals surface area contributed by atoms with Gasteiger partial charge in [0.15, 0.2) is 12.4 Å². The summed E-state index contributed by atoms with van der Waals surface area (Å²) in [5.41, 5.74) is 0. The summed E-state index contributed by atoms with van der Waals surface area (Å²) in [6.07, 6.45) is 79.1. The molecule has 1 rings (SSSR count). The molecule has 1 aliphatic rings. The van der Waals surface area contributed by atoms with Gasteiger partial charge in [-0.15, -0.1) is 0 Å². The average Bonchev–Trinajstić information content (AvgIpc) is 0.969. The van der Waals surface area contributed by atoms with E-state index in [1.807, 2.05) is 6.08 Å². The number of aliphatic hydroxyl groups excluding tert-OH is 5. The zero-order valence-electron chi connectivity index (χ0n) is 59.0. The van der Waals surface area contributed by atoms with Gasteiger partial charge in [-0.1, -0.05) is 350 Å². The molecule has 0 aromatic rings. The van der Waals surface area contributed by atoms with Crippen LogP contribution in [0.1, 0.15) is 348 Å². The number of unbranched alkanes of at least 4 members (excludes halogenated alkanes) is 40. The number of amides is 1. The van der Waals surface area contributed by atoms with Crippen LogP contribution < -0.4 is 5.32 Å². The lowest BCUT2D eigenvalue weighted by Gasteiger charge is -2.41. The lowest BCUT2D eigenvalue weighted by molar-refractivity contribution is -0.305. The molecule has 6 N–H and O–H groups in total. The van der Waals surface area contributed by atoms with Crippen LogP contribution in [-0.2, 0) is 23.8 Å². The lowest BCUT2D eigenvalue weighted by Crippen LogP contribution is -2.61. The van der Waals surface area contributed by atoms with Crippen LogP contribution in [0.15, 0.2) is 85.1 Å². The van der Waals surface area contributed by atoms with Crippen molar-refractivity contribution < 1.29 is 49.3 Å². The number of esters is 1. The summed E-state index contributed by atoms with van der Waals surface area (Å²) >= 11 is 0. The van der Waals surface area contributed by atoms with E-state index in [1.54, 1.807) is 6.08 Å². The number of aliphatic hydroxyl groups is 5. The van der Waals surface area contributed by atoms with Crippen molar-refractivity contribution in [3.05, 3.63) is 85.1 Å². The third-order valence-electron chi connectivity index (χ3n) is 17.8.